The summed E-state index contributed by atoms with van der Waals surface area (Å²) in [5, 5.41) is 0. The van der Waals surface area contributed by atoms with Gasteiger partial charge in [-0.15, -0.1) is 19.3 Å². The highest BCUT2D eigenvalue weighted by atomic mass is 15.0. The van der Waals surface area contributed by atoms with Gasteiger partial charge in [0.05, 0.1) is 0 Å². The molecule has 3 heterocycles. The van der Waals surface area contributed by atoms with E-state index in [1.54, 1.807) is 24.5 Å². The summed E-state index contributed by atoms with van der Waals surface area (Å²) in [4.78, 5) is 22.3. The van der Waals surface area contributed by atoms with Crippen molar-refractivity contribution in [3.05, 3.63) is 77.9 Å². The molecule has 4 rings (SSSR count). The third kappa shape index (κ3) is 3.76. The molecule has 0 fully saturated rings. The van der Waals surface area contributed by atoms with Gasteiger partial charge < -0.3 is 0 Å². The summed E-state index contributed by atoms with van der Waals surface area (Å²) < 4.78 is 0. The molecular weight excluding hydrogens is 370 g/mol. The second-order valence-electron chi connectivity index (χ2n) is 6.18. The van der Waals surface area contributed by atoms with Crippen LogP contribution in [0.2, 0.25) is 0 Å². The Morgan fingerprint density at radius 2 is 1.10 bits per heavy atom. The highest BCUT2D eigenvalue weighted by Crippen LogP contribution is 2.24. The van der Waals surface area contributed by atoms with Crippen molar-refractivity contribution >= 4 is 0 Å². The van der Waals surface area contributed by atoms with Gasteiger partial charge in [-0.25, -0.2) is 24.9 Å². The van der Waals surface area contributed by atoms with Crippen molar-refractivity contribution in [3.63, 3.8) is 0 Å². The molecule has 30 heavy (non-hydrogen) atoms. The minimum Gasteiger partial charge on any atom is -0.247 e. The van der Waals surface area contributed by atoms with E-state index in [1.165, 1.54) is 0 Å². The maximum atomic E-state index is 5.54. The fourth-order valence-electron chi connectivity index (χ4n) is 2.73. The molecular formula is C25H13N5. The highest BCUT2D eigenvalue weighted by Gasteiger charge is 2.13. The molecule has 4 aromatic rings. The number of nitrogens with zero attached hydrogens (tertiary/aromatic N) is 5. The summed E-state index contributed by atoms with van der Waals surface area (Å²) >= 11 is 0. The number of aromatic nitrogens is 5. The summed E-state index contributed by atoms with van der Waals surface area (Å²) in [6, 6.07) is 14.6. The quantitative estimate of drug-likeness (QED) is 0.506. The van der Waals surface area contributed by atoms with Crippen LogP contribution in [0.15, 0.2) is 60.9 Å². The first-order valence-corrected chi connectivity index (χ1v) is 8.89. The second kappa shape index (κ2) is 8.07. The Hall–Kier alpha value is -4.79. The van der Waals surface area contributed by atoms with Crippen molar-refractivity contribution in [2.45, 2.75) is 0 Å². The van der Waals surface area contributed by atoms with Crippen molar-refractivity contribution in [1.29, 1.82) is 0 Å². The number of terminal acetylenes is 3. The third-order valence-corrected chi connectivity index (χ3v) is 4.26. The van der Waals surface area contributed by atoms with Crippen molar-refractivity contribution in [1.82, 2.24) is 24.9 Å². The maximum Gasteiger partial charge on any atom is 0.165 e. The minimum absolute atomic E-state index is 0.457. The van der Waals surface area contributed by atoms with Gasteiger partial charge >= 0.3 is 0 Å². The predicted molar refractivity (Wildman–Crippen MR) is 116 cm³/mol. The van der Waals surface area contributed by atoms with Crippen LogP contribution in [0.5, 0.6) is 0 Å². The second-order valence-corrected chi connectivity index (χ2v) is 6.18. The smallest absolute Gasteiger partial charge is 0.165 e. The van der Waals surface area contributed by atoms with Crippen LogP contribution >= 0.6 is 0 Å². The average Bonchev–Trinajstić information content (AvgIpc) is 2.84. The zero-order chi connectivity index (χ0) is 20.9. The van der Waals surface area contributed by atoms with Gasteiger partial charge in [0.2, 0.25) is 0 Å². The van der Waals surface area contributed by atoms with Gasteiger partial charge in [-0.3, -0.25) is 0 Å². The van der Waals surface area contributed by atoms with Gasteiger partial charge in [0.25, 0.3) is 0 Å². The van der Waals surface area contributed by atoms with Gasteiger partial charge in [0.1, 0.15) is 11.4 Å². The molecule has 0 aliphatic carbocycles. The van der Waals surface area contributed by atoms with E-state index in [1.807, 2.05) is 36.4 Å². The summed E-state index contributed by atoms with van der Waals surface area (Å²) in [5.41, 5.74) is 3.99. The first-order valence-electron chi connectivity index (χ1n) is 8.89. The highest BCUT2D eigenvalue weighted by molar-refractivity contribution is 5.66. The van der Waals surface area contributed by atoms with E-state index in [0.29, 0.717) is 40.0 Å². The van der Waals surface area contributed by atoms with Crippen molar-refractivity contribution in [3.8, 4) is 71.2 Å². The molecule has 0 bridgehead atoms. The van der Waals surface area contributed by atoms with E-state index in [0.717, 1.165) is 11.1 Å². The molecule has 0 aliphatic heterocycles. The van der Waals surface area contributed by atoms with Crippen LogP contribution in [-0.4, -0.2) is 24.9 Å². The predicted octanol–water partition coefficient (Wildman–Crippen LogP) is 3.61. The van der Waals surface area contributed by atoms with E-state index < -0.39 is 0 Å². The van der Waals surface area contributed by atoms with Crippen LogP contribution in [0.1, 0.15) is 17.0 Å². The summed E-state index contributed by atoms with van der Waals surface area (Å²) in [5.74, 6) is 9.01. The fourth-order valence-corrected chi connectivity index (χ4v) is 2.73. The topological polar surface area (TPSA) is 64.5 Å². The van der Waals surface area contributed by atoms with Gasteiger partial charge in [-0.05, 0) is 36.4 Å². The van der Waals surface area contributed by atoms with Crippen LogP contribution in [0.4, 0.5) is 0 Å². The summed E-state index contributed by atoms with van der Waals surface area (Å²) in [6.45, 7) is 0. The summed E-state index contributed by atoms with van der Waals surface area (Å²) in [7, 11) is 0. The van der Waals surface area contributed by atoms with Crippen molar-refractivity contribution in [2.75, 3.05) is 0 Å². The van der Waals surface area contributed by atoms with Crippen LogP contribution in [0.25, 0.3) is 34.2 Å². The van der Waals surface area contributed by atoms with E-state index in [4.69, 9.17) is 19.3 Å². The molecule has 0 unspecified atom stereocenters. The molecule has 0 saturated carbocycles. The Kier molecular flexibility index (Phi) is 4.99. The molecule has 0 spiro atoms. The molecule has 1 aromatic carbocycles. The zero-order valence-corrected chi connectivity index (χ0v) is 15.7. The lowest BCUT2D eigenvalue weighted by molar-refractivity contribution is 1.06. The lowest BCUT2D eigenvalue weighted by atomic mass is 10.1. The van der Waals surface area contributed by atoms with E-state index in [9.17, 15) is 0 Å². The van der Waals surface area contributed by atoms with Gasteiger partial charge in [-0.1, -0.05) is 29.9 Å². The average molecular weight is 383 g/mol. The van der Waals surface area contributed by atoms with E-state index >= 15 is 0 Å². The summed E-state index contributed by atoms with van der Waals surface area (Å²) in [6.07, 6.45) is 19.6. The molecule has 0 N–H and O–H groups in total. The number of rotatable bonds is 3. The lowest BCUT2D eigenvalue weighted by Crippen LogP contribution is -2.01. The first kappa shape index (κ1) is 18.6. The van der Waals surface area contributed by atoms with Crippen LogP contribution in [-0.2, 0) is 0 Å². The van der Waals surface area contributed by atoms with Crippen LogP contribution < -0.4 is 0 Å². The van der Waals surface area contributed by atoms with E-state index in [2.05, 4.69) is 42.7 Å². The normalized spacial score (nSPS) is 9.90. The Labute approximate surface area is 174 Å². The zero-order valence-electron chi connectivity index (χ0n) is 15.7. The number of hydrogen-bond acceptors (Lipinski definition) is 5. The number of hydrogen-bond donors (Lipinski definition) is 0. The maximum absolute atomic E-state index is 5.54. The largest absolute Gasteiger partial charge is 0.247 e. The number of pyridine rings is 2. The Bertz CT molecular complexity index is 1270. The Morgan fingerprint density at radius 1 is 0.567 bits per heavy atom. The lowest BCUT2D eigenvalue weighted by Gasteiger charge is -2.08. The molecule has 0 amide bonds. The molecule has 0 aliphatic rings. The molecule has 0 atom stereocenters. The number of benzene rings is 1. The van der Waals surface area contributed by atoms with Gasteiger partial charge in [0, 0.05) is 34.6 Å². The molecule has 5 heteroatoms. The standard InChI is InChI=1S/C25H13N5/c1-4-17-8-7-9-18(14-17)23-28-24(19-10-12-21(5-2)26-15-19)30-25(29-23)20-11-13-22(6-3)27-16-20/h1-3,7-16H. The fraction of sp³-hybridized carbons (Fsp3) is 0. The van der Waals surface area contributed by atoms with Gasteiger partial charge in [0.15, 0.2) is 17.5 Å². The van der Waals surface area contributed by atoms with Crippen molar-refractivity contribution in [2.24, 2.45) is 0 Å². The molecule has 3 aromatic heterocycles. The van der Waals surface area contributed by atoms with Crippen LogP contribution in [0.3, 0.4) is 0 Å². The molecule has 0 saturated heterocycles. The van der Waals surface area contributed by atoms with Crippen LogP contribution in [0, 0.1) is 37.0 Å². The monoisotopic (exact) mass is 383 g/mol. The molecule has 5 nitrogen and oxygen atoms in total. The molecule has 0 radical (unpaired) electrons. The molecule has 138 valence electrons. The first-order chi connectivity index (χ1) is 14.7. The third-order valence-electron chi connectivity index (χ3n) is 4.26. The van der Waals surface area contributed by atoms with Crippen molar-refractivity contribution < 1.29 is 0 Å². The SMILES string of the molecule is C#Cc1cccc(-c2nc(-c3ccc(C#C)nc3)nc(-c3ccc(C#C)nc3)n2)c1. The van der Waals surface area contributed by atoms with E-state index in [-0.39, 0.29) is 0 Å². The Balaban J connectivity index is 1.89. The van der Waals surface area contributed by atoms with Gasteiger partial charge in [-0.2, -0.15) is 0 Å². The minimum atomic E-state index is 0.457. The Morgan fingerprint density at radius 3 is 1.53 bits per heavy atom.